The standard InChI is InChI=1S/C22H27NO3/c1-22(2,3)18-13-17(20(25)14-21(18)26-6)19(24)12-9-15-7-10-16(11-8-15)23(4)5/h7-14,25H,1-6H3/b12-9+. The number of benzene rings is 2. The minimum absolute atomic E-state index is 0.0764. The SMILES string of the molecule is COc1cc(O)c(C(=O)/C=C/c2ccc(N(C)C)cc2)cc1C(C)(C)C. The lowest BCUT2D eigenvalue weighted by Gasteiger charge is -2.23. The summed E-state index contributed by atoms with van der Waals surface area (Å²) < 4.78 is 5.35. The van der Waals surface area contributed by atoms with Gasteiger partial charge in [0.05, 0.1) is 12.7 Å². The number of rotatable bonds is 5. The van der Waals surface area contributed by atoms with E-state index in [1.165, 1.54) is 12.1 Å². The highest BCUT2D eigenvalue weighted by Gasteiger charge is 2.22. The van der Waals surface area contributed by atoms with Crippen LogP contribution in [0.4, 0.5) is 5.69 Å². The van der Waals surface area contributed by atoms with Crippen LogP contribution in [0.5, 0.6) is 11.5 Å². The smallest absolute Gasteiger partial charge is 0.189 e. The number of hydrogen-bond donors (Lipinski definition) is 1. The van der Waals surface area contributed by atoms with E-state index >= 15 is 0 Å². The molecule has 1 N–H and O–H groups in total. The van der Waals surface area contributed by atoms with Gasteiger partial charge in [-0.15, -0.1) is 0 Å². The maximum Gasteiger partial charge on any atom is 0.189 e. The quantitative estimate of drug-likeness (QED) is 0.627. The van der Waals surface area contributed by atoms with Gasteiger partial charge in [-0.3, -0.25) is 4.79 Å². The number of phenols is 1. The third kappa shape index (κ3) is 4.45. The van der Waals surface area contributed by atoms with Gasteiger partial charge in [-0.2, -0.15) is 0 Å². The Labute approximate surface area is 155 Å². The van der Waals surface area contributed by atoms with Gasteiger partial charge < -0.3 is 14.7 Å². The fraction of sp³-hybridized carbons (Fsp3) is 0.318. The van der Waals surface area contributed by atoms with E-state index in [2.05, 4.69) is 0 Å². The molecule has 2 aromatic carbocycles. The molecule has 0 aromatic heterocycles. The van der Waals surface area contributed by atoms with E-state index in [-0.39, 0.29) is 22.5 Å². The van der Waals surface area contributed by atoms with Crippen LogP contribution < -0.4 is 9.64 Å². The Morgan fingerprint density at radius 1 is 1.12 bits per heavy atom. The number of nitrogens with zero attached hydrogens (tertiary/aromatic N) is 1. The van der Waals surface area contributed by atoms with Crippen LogP contribution in [0.1, 0.15) is 42.3 Å². The van der Waals surface area contributed by atoms with E-state index in [0.717, 1.165) is 16.8 Å². The third-order valence-corrected chi connectivity index (χ3v) is 4.23. The van der Waals surface area contributed by atoms with E-state index in [4.69, 9.17) is 4.74 Å². The molecule has 0 saturated heterocycles. The Hall–Kier alpha value is -2.75. The molecule has 0 aliphatic carbocycles. The molecule has 0 aliphatic rings. The van der Waals surface area contributed by atoms with Crippen molar-refractivity contribution in [3.8, 4) is 11.5 Å². The minimum atomic E-state index is -0.243. The lowest BCUT2D eigenvalue weighted by molar-refractivity contribution is 0.104. The summed E-state index contributed by atoms with van der Waals surface area (Å²) in [6.45, 7) is 6.12. The minimum Gasteiger partial charge on any atom is -0.507 e. The number of phenolic OH excluding ortho intramolecular Hbond substituents is 1. The fourth-order valence-electron chi connectivity index (χ4n) is 2.67. The van der Waals surface area contributed by atoms with E-state index in [0.29, 0.717) is 5.75 Å². The van der Waals surface area contributed by atoms with Crippen molar-refractivity contribution in [2.75, 3.05) is 26.1 Å². The molecule has 0 fully saturated rings. The molecule has 4 heteroatoms. The zero-order chi connectivity index (χ0) is 19.5. The van der Waals surface area contributed by atoms with Gasteiger partial charge in [-0.05, 0) is 35.3 Å². The molecule has 0 unspecified atom stereocenters. The van der Waals surface area contributed by atoms with Gasteiger partial charge in [0.1, 0.15) is 11.5 Å². The largest absolute Gasteiger partial charge is 0.507 e. The maximum atomic E-state index is 12.6. The van der Waals surface area contributed by atoms with Crippen LogP contribution in [-0.4, -0.2) is 32.1 Å². The van der Waals surface area contributed by atoms with Gasteiger partial charge in [0.15, 0.2) is 5.78 Å². The van der Waals surface area contributed by atoms with Crippen molar-refractivity contribution in [3.05, 3.63) is 59.2 Å². The predicted molar refractivity (Wildman–Crippen MR) is 107 cm³/mol. The Balaban J connectivity index is 2.31. The summed E-state index contributed by atoms with van der Waals surface area (Å²) in [6, 6.07) is 11.1. The average molecular weight is 353 g/mol. The van der Waals surface area contributed by atoms with Gasteiger partial charge >= 0.3 is 0 Å². The first-order chi connectivity index (χ1) is 12.1. The molecule has 2 aromatic rings. The van der Waals surface area contributed by atoms with Crippen LogP contribution in [0, 0.1) is 0 Å². The summed E-state index contributed by atoms with van der Waals surface area (Å²) in [5.41, 5.74) is 2.96. The lowest BCUT2D eigenvalue weighted by atomic mass is 9.84. The van der Waals surface area contributed by atoms with Gasteiger partial charge in [0, 0.05) is 31.4 Å². The van der Waals surface area contributed by atoms with Gasteiger partial charge in [0.25, 0.3) is 0 Å². The van der Waals surface area contributed by atoms with E-state index in [1.54, 1.807) is 19.3 Å². The van der Waals surface area contributed by atoms with Crippen molar-refractivity contribution >= 4 is 17.5 Å². The van der Waals surface area contributed by atoms with Crippen molar-refractivity contribution in [1.29, 1.82) is 0 Å². The highest BCUT2D eigenvalue weighted by Crippen LogP contribution is 2.36. The molecule has 0 atom stereocenters. The number of anilines is 1. The molecule has 0 heterocycles. The number of methoxy groups -OCH3 is 1. The monoisotopic (exact) mass is 353 g/mol. The summed E-state index contributed by atoms with van der Waals surface area (Å²) in [4.78, 5) is 14.6. The number of carbonyl (C=O) groups excluding carboxylic acids is 1. The predicted octanol–water partition coefficient (Wildman–Crippen LogP) is 4.66. The Morgan fingerprint density at radius 3 is 2.23 bits per heavy atom. The average Bonchev–Trinajstić information content (AvgIpc) is 2.58. The Morgan fingerprint density at radius 2 is 1.73 bits per heavy atom. The van der Waals surface area contributed by atoms with E-state index < -0.39 is 0 Å². The molecule has 0 radical (unpaired) electrons. The number of allylic oxidation sites excluding steroid dienone is 1. The van der Waals surface area contributed by atoms with Crippen LogP contribution in [0.25, 0.3) is 6.08 Å². The molecule has 4 nitrogen and oxygen atoms in total. The Kier molecular flexibility index (Phi) is 5.76. The molecule has 0 bridgehead atoms. The van der Waals surface area contributed by atoms with Crippen LogP contribution in [0.15, 0.2) is 42.5 Å². The van der Waals surface area contributed by atoms with Gasteiger partial charge in [-0.1, -0.05) is 39.0 Å². The van der Waals surface area contributed by atoms with E-state index in [1.807, 2.05) is 64.0 Å². The summed E-state index contributed by atoms with van der Waals surface area (Å²) in [5.74, 6) is 0.259. The van der Waals surface area contributed by atoms with Crippen molar-refractivity contribution in [2.24, 2.45) is 0 Å². The molecule has 2 rings (SSSR count). The molecule has 138 valence electrons. The first kappa shape index (κ1) is 19.6. The summed E-state index contributed by atoms with van der Waals surface area (Å²) in [7, 11) is 5.52. The number of ketones is 1. The highest BCUT2D eigenvalue weighted by atomic mass is 16.5. The highest BCUT2D eigenvalue weighted by molar-refractivity contribution is 6.08. The number of hydrogen-bond acceptors (Lipinski definition) is 4. The van der Waals surface area contributed by atoms with Crippen LogP contribution in [-0.2, 0) is 5.41 Å². The molecule has 0 amide bonds. The second-order valence-corrected chi connectivity index (χ2v) is 7.50. The molecule has 26 heavy (non-hydrogen) atoms. The summed E-state index contributed by atoms with van der Waals surface area (Å²) >= 11 is 0. The Bertz CT molecular complexity index is 813. The molecule has 0 saturated carbocycles. The third-order valence-electron chi connectivity index (χ3n) is 4.23. The first-order valence-corrected chi connectivity index (χ1v) is 8.54. The second-order valence-electron chi connectivity index (χ2n) is 7.50. The first-order valence-electron chi connectivity index (χ1n) is 8.54. The normalized spacial score (nSPS) is 11.6. The van der Waals surface area contributed by atoms with Crippen LogP contribution in [0.3, 0.4) is 0 Å². The van der Waals surface area contributed by atoms with Gasteiger partial charge in [-0.25, -0.2) is 0 Å². The topological polar surface area (TPSA) is 49.8 Å². The molecular formula is C22H27NO3. The number of carbonyl (C=O) groups is 1. The number of ether oxygens (including phenoxy) is 1. The zero-order valence-electron chi connectivity index (χ0n) is 16.3. The summed E-state index contributed by atoms with van der Waals surface area (Å²) in [6.07, 6.45) is 3.24. The van der Waals surface area contributed by atoms with Crippen molar-refractivity contribution in [2.45, 2.75) is 26.2 Å². The van der Waals surface area contributed by atoms with Crippen LogP contribution >= 0.6 is 0 Å². The molecule has 0 aliphatic heterocycles. The van der Waals surface area contributed by atoms with Crippen molar-refractivity contribution in [1.82, 2.24) is 0 Å². The molecule has 0 spiro atoms. The zero-order valence-corrected chi connectivity index (χ0v) is 16.3. The number of aromatic hydroxyl groups is 1. The van der Waals surface area contributed by atoms with Crippen LogP contribution in [0.2, 0.25) is 0 Å². The fourth-order valence-corrected chi connectivity index (χ4v) is 2.67. The summed E-state index contributed by atoms with van der Waals surface area (Å²) in [5, 5.41) is 10.2. The lowest BCUT2D eigenvalue weighted by Crippen LogP contribution is -2.14. The van der Waals surface area contributed by atoms with Gasteiger partial charge in [0.2, 0.25) is 0 Å². The maximum absolute atomic E-state index is 12.6. The van der Waals surface area contributed by atoms with Crippen molar-refractivity contribution < 1.29 is 14.6 Å². The van der Waals surface area contributed by atoms with E-state index in [9.17, 15) is 9.90 Å². The molecular weight excluding hydrogens is 326 g/mol. The second kappa shape index (κ2) is 7.65. The van der Waals surface area contributed by atoms with Crippen molar-refractivity contribution in [3.63, 3.8) is 0 Å².